The van der Waals surface area contributed by atoms with Crippen LogP contribution in [0.5, 0.6) is 0 Å². The van der Waals surface area contributed by atoms with Gasteiger partial charge >= 0.3 is 0 Å². The Hall–Kier alpha value is -1.09. The van der Waals surface area contributed by atoms with Crippen LogP contribution in [0.15, 0.2) is 36.4 Å². The van der Waals surface area contributed by atoms with Crippen LogP contribution in [0.3, 0.4) is 0 Å². The Bertz CT molecular complexity index is 656. The van der Waals surface area contributed by atoms with Crippen LogP contribution < -0.4 is 0 Å². The van der Waals surface area contributed by atoms with Crippen LogP contribution in [-0.2, 0) is 17.6 Å². The fraction of sp³-hybridized carbons (Fsp3) is 0.133. The van der Waals surface area contributed by atoms with Gasteiger partial charge in [-0.05, 0) is 35.4 Å². The monoisotopic (exact) mass is 330 g/mol. The summed E-state index contributed by atoms with van der Waals surface area (Å²) < 4.78 is 13.3. The van der Waals surface area contributed by atoms with Crippen molar-refractivity contribution in [3.05, 3.63) is 68.4 Å². The molecule has 0 fully saturated rings. The maximum absolute atomic E-state index is 13.3. The van der Waals surface area contributed by atoms with Gasteiger partial charge in [-0.25, -0.2) is 4.39 Å². The van der Waals surface area contributed by atoms with Gasteiger partial charge < -0.3 is 0 Å². The summed E-state index contributed by atoms with van der Waals surface area (Å²) in [6.45, 7) is 0. The lowest BCUT2D eigenvalue weighted by Gasteiger charge is -2.05. The van der Waals surface area contributed by atoms with Crippen LogP contribution in [0, 0.1) is 5.82 Å². The van der Waals surface area contributed by atoms with Gasteiger partial charge in [0.15, 0.2) is 0 Å². The fourth-order valence-corrected chi connectivity index (χ4v) is 2.41. The Morgan fingerprint density at radius 3 is 2.35 bits per heavy atom. The zero-order valence-electron chi connectivity index (χ0n) is 10.3. The van der Waals surface area contributed by atoms with Gasteiger partial charge in [-0.15, -0.1) is 0 Å². The molecular formula is C15H10Cl3FO. The van der Waals surface area contributed by atoms with Crippen LogP contribution in [0.4, 0.5) is 4.39 Å². The summed E-state index contributed by atoms with van der Waals surface area (Å²) in [5.41, 5.74) is 1.29. The number of hydrogen-bond donors (Lipinski definition) is 0. The lowest BCUT2D eigenvalue weighted by Crippen LogP contribution is -2.07. The molecule has 0 aliphatic carbocycles. The van der Waals surface area contributed by atoms with Gasteiger partial charge in [0.2, 0.25) is 0 Å². The van der Waals surface area contributed by atoms with E-state index < -0.39 is 5.82 Å². The lowest BCUT2D eigenvalue weighted by molar-refractivity contribution is -0.117. The Morgan fingerprint density at radius 2 is 1.70 bits per heavy atom. The smallest absolute Gasteiger partial charge is 0.142 e. The SMILES string of the molecule is O=C(Cc1ccc(Cl)c(F)c1)Cc1ccc(Cl)cc1Cl. The molecule has 2 aromatic carbocycles. The summed E-state index contributed by atoms with van der Waals surface area (Å²) in [7, 11) is 0. The van der Waals surface area contributed by atoms with Gasteiger partial charge in [-0.1, -0.05) is 46.9 Å². The lowest BCUT2D eigenvalue weighted by atomic mass is 10.0. The molecule has 20 heavy (non-hydrogen) atoms. The summed E-state index contributed by atoms with van der Waals surface area (Å²) in [4.78, 5) is 12.0. The molecule has 0 aromatic heterocycles. The molecule has 0 amide bonds. The molecule has 0 atom stereocenters. The van der Waals surface area contributed by atoms with Crippen molar-refractivity contribution in [3.63, 3.8) is 0 Å². The zero-order chi connectivity index (χ0) is 14.7. The predicted molar refractivity (Wildman–Crippen MR) is 80.3 cm³/mol. The summed E-state index contributed by atoms with van der Waals surface area (Å²) in [5, 5.41) is 1.01. The summed E-state index contributed by atoms with van der Waals surface area (Å²) in [5.74, 6) is -0.586. The van der Waals surface area contributed by atoms with Gasteiger partial charge in [-0.2, -0.15) is 0 Å². The third kappa shape index (κ3) is 3.95. The second kappa shape index (κ2) is 6.57. The van der Waals surface area contributed by atoms with E-state index in [9.17, 15) is 9.18 Å². The van der Waals surface area contributed by atoms with Crippen LogP contribution in [0.2, 0.25) is 15.1 Å². The topological polar surface area (TPSA) is 17.1 Å². The Balaban J connectivity index is 2.07. The van der Waals surface area contributed by atoms with Crippen LogP contribution in [0.25, 0.3) is 0 Å². The van der Waals surface area contributed by atoms with Crippen LogP contribution >= 0.6 is 34.8 Å². The number of hydrogen-bond acceptors (Lipinski definition) is 1. The van der Waals surface area contributed by atoms with E-state index in [4.69, 9.17) is 34.8 Å². The van der Waals surface area contributed by atoms with Gasteiger partial charge in [0, 0.05) is 22.9 Å². The molecule has 0 aliphatic heterocycles. The van der Waals surface area contributed by atoms with E-state index >= 15 is 0 Å². The third-order valence-corrected chi connectivity index (χ3v) is 3.68. The van der Waals surface area contributed by atoms with Crippen molar-refractivity contribution >= 4 is 40.6 Å². The first-order valence-electron chi connectivity index (χ1n) is 5.85. The number of rotatable bonds is 4. The largest absolute Gasteiger partial charge is 0.299 e. The molecule has 0 N–H and O–H groups in total. The number of carbonyl (C=O) groups is 1. The minimum absolute atomic E-state index is 0.0435. The van der Waals surface area contributed by atoms with Gasteiger partial charge in [-0.3, -0.25) is 4.79 Å². The highest BCUT2D eigenvalue weighted by molar-refractivity contribution is 6.35. The normalized spacial score (nSPS) is 10.6. The highest BCUT2D eigenvalue weighted by atomic mass is 35.5. The van der Waals surface area contributed by atoms with Crippen molar-refractivity contribution in [3.8, 4) is 0 Å². The molecule has 104 valence electrons. The van der Waals surface area contributed by atoms with Crippen molar-refractivity contribution in [1.29, 1.82) is 0 Å². The molecule has 0 aliphatic rings. The van der Waals surface area contributed by atoms with Crippen molar-refractivity contribution in [2.75, 3.05) is 0 Å². The Kier molecular flexibility index (Phi) is 5.03. The van der Waals surface area contributed by atoms with Crippen LogP contribution in [-0.4, -0.2) is 5.78 Å². The number of Topliss-reactive ketones (excluding diaryl/α,β-unsaturated/α-hetero) is 1. The highest BCUT2D eigenvalue weighted by Gasteiger charge is 2.10. The van der Waals surface area contributed by atoms with E-state index in [1.165, 1.54) is 12.1 Å². The quantitative estimate of drug-likeness (QED) is 0.758. The molecule has 0 radical (unpaired) electrons. The second-order valence-corrected chi connectivity index (χ2v) is 5.63. The standard InChI is InChI=1S/C15H10Cl3FO/c16-11-3-2-10(14(18)8-11)7-12(20)5-9-1-4-13(17)15(19)6-9/h1-4,6,8H,5,7H2. The third-order valence-electron chi connectivity index (χ3n) is 2.79. The summed E-state index contributed by atoms with van der Waals surface area (Å²) in [6.07, 6.45) is 0.313. The molecular weight excluding hydrogens is 322 g/mol. The first kappa shape index (κ1) is 15.3. The maximum Gasteiger partial charge on any atom is 0.142 e. The molecule has 2 aromatic rings. The molecule has 2 rings (SSSR count). The second-order valence-electron chi connectivity index (χ2n) is 4.38. The first-order chi connectivity index (χ1) is 9.45. The molecule has 1 nitrogen and oxygen atoms in total. The van der Waals surface area contributed by atoms with E-state index in [1.54, 1.807) is 24.3 Å². The van der Waals surface area contributed by atoms with Crippen LogP contribution in [0.1, 0.15) is 11.1 Å². The van der Waals surface area contributed by atoms with E-state index in [-0.39, 0.29) is 23.6 Å². The number of benzene rings is 2. The summed E-state index contributed by atoms with van der Waals surface area (Å²) >= 11 is 17.4. The van der Waals surface area contributed by atoms with Crippen molar-refractivity contribution < 1.29 is 9.18 Å². The molecule has 0 spiro atoms. The number of ketones is 1. The number of carbonyl (C=O) groups excluding carboxylic acids is 1. The Labute approximate surface area is 131 Å². The van der Waals surface area contributed by atoms with Gasteiger partial charge in [0.1, 0.15) is 11.6 Å². The predicted octanol–water partition coefficient (Wildman–Crippen LogP) is 5.14. The molecule has 0 saturated carbocycles. The van der Waals surface area contributed by atoms with Crippen molar-refractivity contribution in [2.24, 2.45) is 0 Å². The summed E-state index contributed by atoms with van der Waals surface area (Å²) in [6, 6.07) is 9.32. The minimum atomic E-state index is -0.526. The van der Waals surface area contributed by atoms with Crippen molar-refractivity contribution in [1.82, 2.24) is 0 Å². The molecule has 0 bridgehead atoms. The average molecular weight is 332 g/mol. The Morgan fingerprint density at radius 1 is 0.950 bits per heavy atom. The van der Waals surface area contributed by atoms with E-state index in [2.05, 4.69) is 0 Å². The van der Waals surface area contributed by atoms with Gasteiger partial charge in [0.25, 0.3) is 0 Å². The maximum atomic E-state index is 13.3. The minimum Gasteiger partial charge on any atom is -0.299 e. The van der Waals surface area contributed by atoms with E-state index in [1.807, 2.05) is 0 Å². The molecule has 0 heterocycles. The van der Waals surface area contributed by atoms with E-state index in [0.717, 1.165) is 0 Å². The number of halogens is 4. The van der Waals surface area contributed by atoms with Gasteiger partial charge in [0.05, 0.1) is 5.02 Å². The zero-order valence-corrected chi connectivity index (χ0v) is 12.6. The van der Waals surface area contributed by atoms with Crippen molar-refractivity contribution in [2.45, 2.75) is 12.8 Å². The average Bonchev–Trinajstić information content (AvgIpc) is 2.37. The fourth-order valence-electron chi connectivity index (χ4n) is 1.82. The molecule has 0 unspecified atom stereocenters. The highest BCUT2D eigenvalue weighted by Crippen LogP contribution is 2.22. The first-order valence-corrected chi connectivity index (χ1v) is 6.98. The van der Waals surface area contributed by atoms with E-state index in [0.29, 0.717) is 21.2 Å². The molecule has 0 saturated heterocycles. The molecule has 5 heteroatoms.